The van der Waals surface area contributed by atoms with Gasteiger partial charge in [-0.25, -0.2) is 9.37 Å². The van der Waals surface area contributed by atoms with Crippen LogP contribution in [-0.4, -0.2) is 15.5 Å². The molecule has 142 valence electrons. The Bertz CT molecular complexity index is 1040. The van der Waals surface area contributed by atoms with Crippen LogP contribution in [-0.2, 0) is 17.9 Å². The summed E-state index contributed by atoms with van der Waals surface area (Å²) in [6.07, 6.45) is 8.63. The van der Waals surface area contributed by atoms with E-state index in [-0.39, 0.29) is 11.9 Å². The molecule has 1 aromatic heterocycles. The zero-order valence-electron chi connectivity index (χ0n) is 15.7. The molecule has 1 N–H and O–H groups in total. The van der Waals surface area contributed by atoms with Crippen LogP contribution in [0.4, 0.5) is 4.39 Å². The fraction of sp³-hybridized carbons (Fsp3) is 0.217. The molecule has 1 unspecified atom stereocenters. The summed E-state index contributed by atoms with van der Waals surface area (Å²) < 4.78 is 14.5. The van der Waals surface area contributed by atoms with E-state index in [1.165, 1.54) is 11.1 Å². The minimum absolute atomic E-state index is 0.0865. The minimum Gasteiger partial charge on any atom is -0.346 e. The first-order valence-corrected chi connectivity index (χ1v) is 9.40. The molecule has 0 aliphatic heterocycles. The number of alkyl halides is 1. The number of aryl methyl sites for hydroxylation is 2. The monoisotopic (exact) mass is 375 g/mol. The van der Waals surface area contributed by atoms with Gasteiger partial charge in [0.05, 0.1) is 18.1 Å². The van der Waals surface area contributed by atoms with Gasteiger partial charge in [0.1, 0.15) is 6.67 Å². The topological polar surface area (TPSA) is 46.9 Å². The number of rotatable bonds is 5. The number of hydrogen-bond acceptors (Lipinski definition) is 2. The second-order valence-electron chi connectivity index (χ2n) is 7.08. The average Bonchev–Trinajstić information content (AvgIpc) is 3.34. The molecular weight excluding hydrogens is 353 g/mol. The first-order chi connectivity index (χ1) is 13.6. The summed E-state index contributed by atoms with van der Waals surface area (Å²) >= 11 is 0. The number of imidazole rings is 1. The van der Waals surface area contributed by atoms with Crippen molar-refractivity contribution in [3.8, 4) is 5.69 Å². The van der Waals surface area contributed by atoms with Gasteiger partial charge >= 0.3 is 0 Å². The molecule has 1 aliphatic rings. The van der Waals surface area contributed by atoms with Crippen molar-refractivity contribution in [3.05, 3.63) is 89.0 Å². The molecule has 0 radical (unpaired) electrons. The maximum Gasteiger partial charge on any atom is 0.244 e. The Morgan fingerprint density at radius 3 is 2.96 bits per heavy atom. The van der Waals surface area contributed by atoms with E-state index >= 15 is 0 Å². The summed E-state index contributed by atoms with van der Waals surface area (Å²) in [6.45, 7) is 1.41. The number of carbonyl (C=O) groups is 1. The normalized spacial score (nSPS) is 15.7. The summed E-state index contributed by atoms with van der Waals surface area (Å²) in [5.74, 6) is -0.0920. The Kier molecular flexibility index (Phi) is 5.06. The molecule has 4 rings (SSSR count). The molecule has 0 fully saturated rings. The third-order valence-electron chi connectivity index (χ3n) is 5.15. The number of aromatic nitrogens is 2. The van der Waals surface area contributed by atoms with Crippen molar-refractivity contribution in [2.24, 2.45) is 0 Å². The first-order valence-electron chi connectivity index (χ1n) is 9.40. The second kappa shape index (κ2) is 7.80. The van der Waals surface area contributed by atoms with Crippen LogP contribution in [0.3, 0.4) is 0 Å². The van der Waals surface area contributed by atoms with Crippen molar-refractivity contribution in [2.75, 3.05) is 0 Å². The van der Waals surface area contributed by atoms with Crippen LogP contribution in [0.25, 0.3) is 11.8 Å². The highest BCUT2D eigenvalue weighted by atomic mass is 19.1. The zero-order valence-corrected chi connectivity index (χ0v) is 15.7. The molecule has 0 bridgehead atoms. The smallest absolute Gasteiger partial charge is 0.244 e. The Labute approximate surface area is 163 Å². The van der Waals surface area contributed by atoms with Gasteiger partial charge in [0, 0.05) is 18.0 Å². The number of halogens is 1. The lowest BCUT2D eigenvalue weighted by Gasteiger charge is -2.12. The van der Waals surface area contributed by atoms with Crippen molar-refractivity contribution >= 4 is 12.0 Å². The molecule has 4 nitrogen and oxygen atoms in total. The summed E-state index contributed by atoms with van der Waals surface area (Å²) in [5, 5.41) is 3.09. The van der Waals surface area contributed by atoms with Gasteiger partial charge in [0.2, 0.25) is 5.91 Å². The van der Waals surface area contributed by atoms with E-state index in [1.807, 2.05) is 47.9 Å². The highest BCUT2D eigenvalue weighted by Crippen LogP contribution is 2.30. The number of carbonyl (C=O) groups excluding carboxylic acids is 1. The highest BCUT2D eigenvalue weighted by molar-refractivity contribution is 5.92. The first kappa shape index (κ1) is 18.2. The summed E-state index contributed by atoms with van der Waals surface area (Å²) in [5.41, 5.74) is 5.85. The van der Waals surface area contributed by atoms with Crippen LogP contribution in [0.5, 0.6) is 0 Å². The highest BCUT2D eigenvalue weighted by Gasteiger charge is 2.22. The van der Waals surface area contributed by atoms with Gasteiger partial charge in [-0.3, -0.25) is 4.79 Å². The maximum absolute atomic E-state index is 12.7. The zero-order chi connectivity index (χ0) is 19.5. The van der Waals surface area contributed by atoms with Gasteiger partial charge in [-0.05, 0) is 60.2 Å². The molecule has 1 amide bonds. The molecule has 28 heavy (non-hydrogen) atoms. The molecule has 0 saturated carbocycles. The third-order valence-corrected chi connectivity index (χ3v) is 5.15. The van der Waals surface area contributed by atoms with Gasteiger partial charge in [0.15, 0.2) is 0 Å². The van der Waals surface area contributed by atoms with E-state index in [4.69, 9.17) is 0 Å². The fourth-order valence-electron chi connectivity index (χ4n) is 3.74. The molecular formula is C23H22FN3O. The van der Waals surface area contributed by atoms with Gasteiger partial charge in [-0.1, -0.05) is 30.3 Å². The lowest BCUT2D eigenvalue weighted by Crippen LogP contribution is -2.25. The molecule has 1 atom stereocenters. The molecule has 0 spiro atoms. The molecule has 3 aromatic rings. The average molecular weight is 375 g/mol. The Hall–Kier alpha value is -3.21. The number of hydrogen-bond donors (Lipinski definition) is 1. The van der Waals surface area contributed by atoms with Crippen molar-refractivity contribution in [3.63, 3.8) is 0 Å². The predicted octanol–water partition coefficient (Wildman–Crippen LogP) is 4.47. The van der Waals surface area contributed by atoms with E-state index in [9.17, 15) is 9.18 Å². The molecule has 2 aromatic carbocycles. The van der Waals surface area contributed by atoms with Gasteiger partial charge < -0.3 is 9.88 Å². The van der Waals surface area contributed by atoms with Gasteiger partial charge in [-0.15, -0.1) is 0 Å². The predicted molar refractivity (Wildman–Crippen MR) is 108 cm³/mol. The number of amides is 1. The summed E-state index contributed by atoms with van der Waals surface area (Å²) in [7, 11) is 0. The lowest BCUT2D eigenvalue weighted by molar-refractivity contribution is -0.117. The molecule has 1 heterocycles. The quantitative estimate of drug-likeness (QED) is 0.669. The second-order valence-corrected chi connectivity index (χ2v) is 7.08. The molecule has 0 saturated heterocycles. The van der Waals surface area contributed by atoms with Crippen molar-refractivity contribution in [1.29, 1.82) is 0 Å². The fourth-order valence-corrected chi connectivity index (χ4v) is 3.74. The largest absolute Gasteiger partial charge is 0.346 e. The van der Waals surface area contributed by atoms with Crippen molar-refractivity contribution < 1.29 is 9.18 Å². The van der Waals surface area contributed by atoms with Gasteiger partial charge in [-0.2, -0.15) is 0 Å². The van der Waals surface area contributed by atoms with E-state index in [1.54, 1.807) is 18.6 Å². The summed E-state index contributed by atoms with van der Waals surface area (Å²) in [6, 6.07) is 14.2. The van der Waals surface area contributed by atoms with E-state index in [2.05, 4.69) is 22.4 Å². The number of nitrogens with zero attached hydrogens (tertiary/aromatic N) is 2. The molecule has 1 aliphatic carbocycles. The van der Waals surface area contributed by atoms with Crippen LogP contribution in [0, 0.1) is 6.92 Å². The Morgan fingerprint density at radius 1 is 1.32 bits per heavy atom. The Morgan fingerprint density at radius 2 is 2.18 bits per heavy atom. The van der Waals surface area contributed by atoms with Crippen LogP contribution in [0.1, 0.15) is 40.4 Å². The van der Waals surface area contributed by atoms with Crippen molar-refractivity contribution in [2.45, 2.75) is 32.5 Å². The number of nitrogens with one attached hydrogen (secondary N) is 1. The van der Waals surface area contributed by atoms with E-state index in [0.717, 1.165) is 29.7 Å². The van der Waals surface area contributed by atoms with Crippen LogP contribution in [0.15, 0.2) is 61.1 Å². The third kappa shape index (κ3) is 3.74. The van der Waals surface area contributed by atoms with E-state index in [0.29, 0.717) is 5.69 Å². The maximum atomic E-state index is 12.7. The Balaban J connectivity index is 1.43. The van der Waals surface area contributed by atoms with Gasteiger partial charge in [0.25, 0.3) is 0 Å². The minimum atomic E-state index is -0.576. The summed E-state index contributed by atoms with van der Waals surface area (Å²) in [4.78, 5) is 16.4. The standard InChI is InChI=1S/C23H22FN3O/c1-16-12-17(6-10-22(16)27-14-19(13-24)25-15-27)7-11-23(28)26-21-9-8-18-4-2-3-5-20(18)21/h2-7,10-12,14-15,21H,8-9,13H2,1H3,(H,26,28)/b11-7+. The van der Waals surface area contributed by atoms with Crippen molar-refractivity contribution in [1.82, 2.24) is 14.9 Å². The van der Waals surface area contributed by atoms with Crippen LogP contribution >= 0.6 is 0 Å². The number of benzene rings is 2. The van der Waals surface area contributed by atoms with Crippen LogP contribution in [0.2, 0.25) is 0 Å². The van der Waals surface area contributed by atoms with E-state index < -0.39 is 6.67 Å². The SMILES string of the molecule is Cc1cc(/C=C/C(=O)NC2CCc3ccccc32)ccc1-n1cnc(CF)c1. The molecule has 5 heteroatoms. The number of fused-ring (bicyclic) bond motifs is 1. The lowest BCUT2D eigenvalue weighted by atomic mass is 10.1. The van der Waals surface area contributed by atoms with Crippen LogP contribution < -0.4 is 5.32 Å².